The summed E-state index contributed by atoms with van der Waals surface area (Å²) in [6.45, 7) is 12.0. The van der Waals surface area contributed by atoms with Crippen molar-refractivity contribution in [1.82, 2.24) is 58.5 Å². The van der Waals surface area contributed by atoms with E-state index in [-0.39, 0.29) is 68.4 Å². The number of nitrogens with two attached hydrogens (primary N) is 3. The molecule has 1 saturated heterocycles. The number of benzene rings is 1. The van der Waals surface area contributed by atoms with Gasteiger partial charge >= 0.3 is 5.97 Å². The van der Waals surface area contributed by atoms with Crippen LogP contribution in [0, 0.1) is 35.0 Å². The number of amides is 11. The van der Waals surface area contributed by atoms with Crippen LogP contribution in [0.5, 0.6) is 0 Å². The average Bonchev–Trinajstić information content (AvgIpc) is 1.12. The third-order valence-corrected chi connectivity index (χ3v) is 15.0. The van der Waals surface area contributed by atoms with Gasteiger partial charge in [0, 0.05) is 6.54 Å². The molecule has 1 aliphatic carbocycles. The molecule has 0 aromatic heterocycles. The molecule has 504 valence electrons. The van der Waals surface area contributed by atoms with Gasteiger partial charge in [-0.1, -0.05) is 105 Å². The summed E-state index contributed by atoms with van der Waals surface area (Å²) in [6.07, 6.45) is -6.51. The Morgan fingerprint density at radius 1 is 0.678 bits per heavy atom. The number of carbonyl (C=O) groups is 12. The van der Waals surface area contributed by atoms with Crippen molar-refractivity contribution >= 4 is 76.9 Å². The van der Waals surface area contributed by atoms with Gasteiger partial charge in [-0.15, -0.1) is 0 Å². The standard InChI is InChI=1S/C58H95N15O17/c1-10-29(8)39-53(85)71-40(30(9)75)52(84)64-24-38(76)69-42(45(78)47(60)79)55(87)68-37(25-74)57(89)90-46(32-15-12-11-13-16-32)43(73-51(83)36(23-31-18-19-31)66-48(80)33(59)21-26(2)3)56(88)72-41(44(77)28(6)7)54(86)67-35(22-27(4)5)50(82)65-34(49(81)70-39)17-14-20-63-58(61)62/h11-13,15-16,26-31,33-37,39-46,74-75,77-78H,10,14,17-25,59H2,1-9H3,(H2,60,79)(H,64,84)(H,65,82)(H,66,80)(H,67,86)(H,68,87)(H,69,76)(H,70,81)(H,71,85)(H,72,88)(H,73,83)(H4,61,62,63)/t29-,30-,33+,34+,35-,36-,37-,39-,40-,41-,42-,43-,44+,45-,46+/m0/s1. The zero-order chi connectivity index (χ0) is 67.9. The van der Waals surface area contributed by atoms with Crippen molar-refractivity contribution in [1.29, 1.82) is 5.41 Å². The largest absolute Gasteiger partial charge is 0.453 e. The fourth-order valence-electron chi connectivity index (χ4n) is 9.49. The number of nitrogens with one attached hydrogen (secondary N) is 12. The lowest BCUT2D eigenvalue weighted by atomic mass is 9.95. The van der Waals surface area contributed by atoms with Crippen LogP contribution in [-0.4, -0.2) is 196 Å². The van der Waals surface area contributed by atoms with Crippen LogP contribution in [-0.2, 0) is 62.3 Å². The van der Waals surface area contributed by atoms with Crippen molar-refractivity contribution in [3.8, 4) is 0 Å². The van der Waals surface area contributed by atoms with Gasteiger partial charge in [-0.25, -0.2) is 4.79 Å². The smallest absolute Gasteiger partial charge is 0.331 e. The van der Waals surface area contributed by atoms with E-state index in [1.165, 1.54) is 44.2 Å². The molecular weight excluding hydrogens is 1180 g/mol. The van der Waals surface area contributed by atoms with Crippen molar-refractivity contribution in [2.75, 3.05) is 19.7 Å². The van der Waals surface area contributed by atoms with E-state index in [9.17, 15) is 73.2 Å². The monoisotopic (exact) mass is 1270 g/mol. The van der Waals surface area contributed by atoms with Gasteiger partial charge < -0.3 is 101 Å². The van der Waals surface area contributed by atoms with Crippen LogP contribution in [0.2, 0.25) is 0 Å². The molecule has 2 fully saturated rings. The topological polar surface area (TPSA) is 529 Å². The molecule has 3 rings (SSSR count). The zero-order valence-electron chi connectivity index (χ0n) is 52.5. The van der Waals surface area contributed by atoms with Gasteiger partial charge in [0.25, 0.3) is 0 Å². The first-order valence-corrected chi connectivity index (χ1v) is 30.2. The lowest BCUT2D eigenvalue weighted by Crippen LogP contribution is -2.64. The van der Waals surface area contributed by atoms with Crippen LogP contribution in [0.15, 0.2) is 30.3 Å². The predicted octanol–water partition coefficient (Wildman–Crippen LogP) is -5.47. The fraction of sp³-hybridized carbons (Fsp3) is 0.672. The first-order valence-electron chi connectivity index (χ1n) is 30.2. The number of aliphatic hydroxyl groups excluding tert-OH is 4. The summed E-state index contributed by atoms with van der Waals surface area (Å²) in [4.78, 5) is 170. The Balaban J connectivity index is 2.39. The highest BCUT2D eigenvalue weighted by molar-refractivity contribution is 6.00. The number of ether oxygens (including phenoxy) is 1. The minimum atomic E-state index is -2.57. The minimum Gasteiger partial charge on any atom is -0.453 e. The second-order valence-electron chi connectivity index (χ2n) is 24.1. The van der Waals surface area contributed by atoms with Crippen molar-refractivity contribution < 1.29 is 82.7 Å². The van der Waals surface area contributed by atoms with E-state index in [0.29, 0.717) is 12.8 Å². The summed E-state index contributed by atoms with van der Waals surface area (Å²) in [5.41, 5.74) is 17.0. The molecule has 0 bridgehead atoms. The van der Waals surface area contributed by atoms with Crippen LogP contribution < -0.4 is 75.7 Å². The van der Waals surface area contributed by atoms with Crippen LogP contribution >= 0.6 is 0 Å². The summed E-state index contributed by atoms with van der Waals surface area (Å²) in [5.74, 6) is -16.9. The Labute approximate surface area is 522 Å². The van der Waals surface area contributed by atoms with Crippen LogP contribution in [0.4, 0.5) is 0 Å². The second kappa shape index (κ2) is 36.6. The number of primary amides is 1. The molecule has 11 amide bonds. The number of esters is 1. The van der Waals surface area contributed by atoms with Crippen LogP contribution in [0.1, 0.15) is 125 Å². The highest BCUT2D eigenvalue weighted by atomic mass is 16.5. The average molecular weight is 1270 g/mol. The highest BCUT2D eigenvalue weighted by Crippen LogP contribution is 2.34. The van der Waals surface area contributed by atoms with Gasteiger partial charge in [0.15, 0.2) is 24.2 Å². The molecule has 90 heavy (non-hydrogen) atoms. The van der Waals surface area contributed by atoms with Crippen molar-refractivity contribution in [2.24, 2.45) is 46.8 Å². The fourth-order valence-corrected chi connectivity index (χ4v) is 9.49. The lowest BCUT2D eigenvalue weighted by molar-refractivity contribution is -0.159. The molecule has 0 radical (unpaired) electrons. The van der Waals surface area contributed by atoms with Gasteiger partial charge in [-0.3, -0.25) is 58.1 Å². The number of guanidine groups is 1. The van der Waals surface area contributed by atoms with Gasteiger partial charge in [-0.2, -0.15) is 0 Å². The van der Waals surface area contributed by atoms with Crippen molar-refractivity contribution in [3.05, 3.63) is 35.9 Å². The molecule has 15 atom stereocenters. The summed E-state index contributed by atoms with van der Waals surface area (Å²) in [6, 6.07) is -10.6. The quantitative estimate of drug-likeness (QED) is 0.0210. The number of hydrogen-bond acceptors (Lipinski definition) is 19. The Kier molecular flexibility index (Phi) is 30.9. The van der Waals surface area contributed by atoms with E-state index in [1.807, 2.05) is 24.5 Å². The van der Waals surface area contributed by atoms with Gasteiger partial charge in [0.2, 0.25) is 65.0 Å². The van der Waals surface area contributed by atoms with E-state index in [2.05, 4.69) is 47.9 Å². The third-order valence-electron chi connectivity index (χ3n) is 15.0. The molecule has 1 aromatic rings. The molecule has 1 aliphatic heterocycles. The van der Waals surface area contributed by atoms with E-state index in [1.54, 1.807) is 27.7 Å². The molecule has 32 heteroatoms. The Morgan fingerprint density at radius 3 is 1.79 bits per heavy atom. The summed E-state index contributed by atoms with van der Waals surface area (Å²) < 4.78 is 5.93. The molecular formula is C58H95N15O17. The Hall–Kier alpha value is -8.07. The maximum Gasteiger partial charge on any atom is 0.331 e. The van der Waals surface area contributed by atoms with E-state index < -0.39 is 187 Å². The highest BCUT2D eigenvalue weighted by Gasteiger charge is 2.44. The molecule has 0 unspecified atom stereocenters. The summed E-state index contributed by atoms with van der Waals surface area (Å²) >= 11 is 0. The normalized spacial score (nSPS) is 25.5. The van der Waals surface area contributed by atoms with Crippen molar-refractivity contribution in [3.63, 3.8) is 0 Å². The van der Waals surface area contributed by atoms with E-state index in [0.717, 1.165) is 6.92 Å². The first-order chi connectivity index (χ1) is 42.2. The van der Waals surface area contributed by atoms with Gasteiger partial charge in [0.05, 0.1) is 31.4 Å². The van der Waals surface area contributed by atoms with Crippen LogP contribution in [0.3, 0.4) is 0 Å². The Bertz CT molecular complexity index is 2660. The number of cyclic esters (lactones) is 1. The maximum atomic E-state index is 15.4. The molecule has 22 N–H and O–H groups in total. The maximum absolute atomic E-state index is 15.4. The van der Waals surface area contributed by atoms with E-state index in [4.69, 9.17) is 27.3 Å². The minimum absolute atomic E-state index is 0.0176. The van der Waals surface area contributed by atoms with Gasteiger partial charge in [-0.05, 0) is 74.2 Å². The molecule has 0 spiro atoms. The summed E-state index contributed by atoms with van der Waals surface area (Å²) in [5, 5.41) is 78.4. The molecule has 1 saturated carbocycles. The predicted molar refractivity (Wildman–Crippen MR) is 323 cm³/mol. The number of carbonyl (C=O) groups excluding carboxylic acids is 12. The molecule has 2 aliphatic rings. The number of hydrogen-bond donors (Lipinski definition) is 19. The van der Waals surface area contributed by atoms with Gasteiger partial charge in [0.1, 0.15) is 48.3 Å². The first kappa shape index (κ1) is 76.2. The number of rotatable bonds is 23. The molecule has 1 aromatic carbocycles. The molecule has 32 nitrogen and oxygen atoms in total. The number of aliphatic hydroxyl groups is 4. The lowest BCUT2D eigenvalue weighted by Gasteiger charge is -2.33. The zero-order valence-corrected chi connectivity index (χ0v) is 52.5. The van der Waals surface area contributed by atoms with E-state index >= 15 is 4.79 Å². The second-order valence-corrected chi connectivity index (χ2v) is 24.1. The SMILES string of the molecule is CC[C@H](C)[C@@H]1NC(=O)[C@@H](CCCNC(=N)N)NC(=O)[C@H](CC(C)C)NC(=O)[C@H]([C@H](O)C(C)C)NC(=O)[C@@H](NC(=O)[C@H](CC2CC2)NC(=O)[C@H](N)CC(C)C)[C@@H](c2ccccc2)OC(=O)[C@H](CO)NC(=O)[C@H]([C@H](O)C(N)=O)NC(=O)CNC(=O)[C@H]([C@H](C)O)NC1=O. The Morgan fingerprint density at radius 2 is 1.24 bits per heavy atom. The summed E-state index contributed by atoms with van der Waals surface area (Å²) in [7, 11) is 0. The third kappa shape index (κ3) is 24.4. The van der Waals surface area contributed by atoms with Crippen LogP contribution in [0.25, 0.3) is 0 Å². The van der Waals surface area contributed by atoms with Crippen molar-refractivity contribution in [2.45, 2.75) is 199 Å². The molecule has 1 heterocycles.